The molecular weight excluding hydrogens is 204 g/mol. The summed E-state index contributed by atoms with van der Waals surface area (Å²) in [5.74, 6) is 3.08. The van der Waals surface area contributed by atoms with Gasteiger partial charge in [0.2, 0.25) is 0 Å². The van der Waals surface area contributed by atoms with Crippen LogP contribution in [0.2, 0.25) is 0 Å². The minimum Gasteiger partial charge on any atom is -0.119 e. The molecule has 1 unspecified atom stereocenters. The van der Waals surface area contributed by atoms with Crippen LogP contribution in [0.15, 0.2) is 42.5 Å². The van der Waals surface area contributed by atoms with Gasteiger partial charge in [0.25, 0.3) is 0 Å². The third-order valence-electron chi connectivity index (χ3n) is 3.14. The zero-order valence-electron chi connectivity index (χ0n) is 10.7. The molecule has 0 bridgehead atoms. The van der Waals surface area contributed by atoms with Gasteiger partial charge >= 0.3 is 0 Å². The molecule has 0 aliphatic rings. The first-order valence-electron chi connectivity index (χ1n) is 5.97. The Morgan fingerprint density at radius 3 is 2.24 bits per heavy atom. The second-order valence-electron chi connectivity index (χ2n) is 5.57. The first-order valence-corrected chi connectivity index (χ1v) is 5.97. The molecule has 0 spiro atoms. The lowest BCUT2D eigenvalue weighted by atomic mass is 9.77. The highest BCUT2D eigenvalue weighted by Crippen LogP contribution is 2.35. The minimum absolute atomic E-state index is 0.0945. The highest BCUT2D eigenvalue weighted by atomic mass is 14.3. The Balaban J connectivity index is 2.53. The fourth-order valence-corrected chi connectivity index (χ4v) is 2.23. The Kier molecular flexibility index (Phi) is 2.94. The fourth-order valence-electron chi connectivity index (χ4n) is 2.23. The van der Waals surface area contributed by atoms with E-state index in [9.17, 15) is 0 Å². The third-order valence-corrected chi connectivity index (χ3v) is 3.14. The fraction of sp³-hybridized carbons (Fsp3) is 0.294. The molecule has 0 saturated carbocycles. The van der Waals surface area contributed by atoms with Gasteiger partial charge in [0.05, 0.1) is 0 Å². The number of hydrogen-bond donors (Lipinski definition) is 0. The highest BCUT2D eigenvalue weighted by Gasteiger charge is 2.24. The van der Waals surface area contributed by atoms with Gasteiger partial charge in [-0.15, -0.1) is 6.42 Å². The van der Waals surface area contributed by atoms with Gasteiger partial charge in [-0.25, -0.2) is 0 Å². The van der Waals surface area contributed by atoms with E-state index in [4.69, 9.17) is 6.42 Å². The van der Waals surface area contributed by atoms with Crippen molar-refractivity contribution >= 4 is 10.8 Å². The number of terminal acetylenes is 1. The van der Waals surface area contributed by atoms with Gasteiger partial charge in [0, 0.05) is 5.92 Å². The molecular formula is C17H18. The summed E-state index contributed by atoms with van der Waals surface area (Å²) >= 11 is 0. The molecule has 0 fully saturated rings. The Morgan fingerprint density at radius 1 is 1.00 bits per heavy atom. The van der Waals surface area contributed by atoms with E-state index < -0.39 is 0 Å². The van der Waals surface area contributed by atoms with E-state index in [2.05, 4.69) is 69.2 Å². The Bertz CT molecular complexity index is 564. The standard InChI is InChI=1S/C17H18/c1-5-16(17(2,3)4)15-11-10-13-8-6-7-9-14(13)12-15/h1,6-12,16H,2-4H3. The van der Waals surface area contributed by atoms with Crippen LogP contribution in [0.3, 0.4) is 0 Å². The maximum atomic E-state index is 5.69. The van der Waals surface area contributed by atoms with Crippen molar-refractivity contribution in [2.24, 2.45) is 5.41 Å². The number of hydrogen-bond acceptors (Lipinski definition) is 0. The van der Waals surface area contributed by atoms with Gasteiger partial charge in [-0.05, 0) is 27.8 Å². The van der Waals surface area contributed by atoms with Crippen LogP contribution < -0.4 is 0 Å². The van der Waals surface area contributed by atoms with E-state index in [1.807, 2.05) is 0 Å². The predicted molar refractivity (Wildman–Crippen MR) is 75.0 cm³/mol. The van der Waals surface area contributed by atoms with Crippen LogP contribution in [0.5, 0.6) is 0 Å². The number of benzene rings is 2. The maximum Gasteiger partial charge on any atom is 0.0498 e. The molecule has 0 aromatic heterocycles. The lowest BCUT2D eigenvalue weighted by Crippen LogP contribution is -2.16. The Morgan fingerprint density at radius 2 is 1.65 bits per heavy atom. The highest BCUT2D eigenvalue weighted by molar-refractivity contribution is 5.83. The topological polar surface area (TPSA) is 0 Å². The molecule has 0 aliphatic carbocycles. The summed E-state index contributed by atoms with van der Waals surface area (Å²) in [7, 11) is 0. The lowest BCUT2D eigenvalue weighted by molar-refractivity contribution is 0.375. The normalized spacial score (nSPS) is 13.3. The van der Waals surface area contributed by atoms with Crippen molar-refractivity contribution in [2.45, 2.75) is 26.7 Å². The molecule has 0 aliphatic heterocycles. The number of rotatable bonds is 1. The average Bonchev–Trinajstić information content (AvgIpc) is 2.28. The summed E-state index contributed by atoms with van der Waals surface area (Å²) in [6, 6.07) is 14.9. The predicted octanol–water partition coefficient (Wildman–Crippen LogP) is 4.60. The Hall–Kier alpha value is -1.74. The summed E-state index contributed by atoms with van der Waals surface area (Å²) in [6.07, 6.45) is 5.69. The molecule has 0 nitrogen and oxygen atoms in total. The quantitative estimate of drug-likeness (QED) is 0.618. The molecule has 2 aromatic rings. The zero-order chi connectivity index (χ0) is 12.5. The first-order chi connectivity index (χ1) is 8.02. The molecule has 2 aromatic carbocycles. The van der Waals surface area contributed by atoms with Crippen molar-refractivity contribution < 1.29 is 0 Å². The molecule has 0 heterocycles. The van der Waals surface area contributed by atoms with Gasteiger partial charge in [0.15, 0.2) is 0 Å². The molecule has 17 heavy (non-hydrogen) atoms. The van der Waals surface area contributed by atoms with E-state index in [-0.39, 0.29) is 11.3 Å². The van der Waals surface area contributed by atoms with Crippen LogP contribution in [-0.4, -0.2) is 0 Å². The van der Waals surface area contributed by atoms with E-state index in [1.165, 1.54) is 16.3 Å². The van der Waals surface area contributed by atoms with Crippen LogP contribution in [0.1, 0.15) is 32.3 Å². The van der Waals surface area contributed by atoms with Crippen LogP contribution in [0.4, 0.5) is 0 Å². The molecule has 0 amide bonds. The van der Waals surface area contributed by atoms with E-state index in [0.29, 0.717) is 0 Å². The van der Waals surface area contributed by atoms with Crippen molar-refractivity contribution in [1.29, 1.82) is 0 Å². The summed E-state index contributed by atoms with van der Waals surface area (Å²) in [6.45, 7) is 6.56. The van der Waals surface area contributed by atoms with Crippen molar-refractivity contribution in [2.75, 3.05) is 0 Å². The molecule has 0 N–H and O–H groups in total. The second kappa shape index (κ2) is 4.26. The maximum absolute atomic E-state index is 5.69. The van der Waals surface area contributed by atoms with Gasteiger partial charge in [0.1, 0.15) is 0 Å². The van der Waals surface area contributed by atoms with E-state index in [1.54, 1.807) is 0 Å². The molecule has 1 atom stereocenters. The van der Waals surface area contributed by atoms with Crippen molar-refractivity contribution in [3.05, 3.63) is 48.0 Å². The van der Waals surface area contributed by atoms with Crippen LogP contribution in [0, 0.1) is 17.8 Å². The van der Waals surface area contributed by atoms with E-state index >= 15 is 0 Å². The SMILES string of the molecule is C#CC(c1ccc2ccccc2c1)C(C)(C)C. The monoisotopic (exact) mass is 222 g/mol. The van der Waals surface area contributed by atoms with Crippen LogP contribution in [-0.2, 0) is 0 Å². The summed E-state index contributed by atoms with van der Waals surface area (Å²) in [5, 5.41) is 2.52. The third kappa shape index (κ3) is 2.34. The average molecular weight is 222 g/mol. The van der Waals surface area contributed by atoms with Crippen LogP contribution in [0.25, 0.3) is 10.8 Å². The largest absolute Gasteiger partial charge is 0.119 e. The van der Waals surface area contributed by atoms with Crippen molar-refractivity contribution in [3.8, 4) is 12.3 Å². The van der Waals surface area contributed by atoms with Crippen molar-refractivity contribution in [3.63, 3.8) is 0 Å². The lowest BCUT2D eigenvalue weighted by Gasteiger charge is -2.26. The van der Waals surface area contributed by atoms with Gasteiger partial charge in [-0.2, -0.15) is 0 Å². The minimum atomic E-state index is 0.0945. The summed E-state index contributed by atoms with van der Waals surface area (Å²) in [5.41, 5.74) is 1.33. The molecule has 0 heteroatoms. The van der Waals surface area contributed by atoms with Gasteiger partial charge < -0.3 is 0 Å². The second-order valence-corrected chi connectivity index (χ2v) is 5.57. The molecule has 0 radical (unpaired) electrons. The molecule has 0 saturated heterocycles. The van der Waals surface area contributed by atoms with E-state index in [0.717, 1.165) is 0 Å². The Labute approximate surface area is 104 Å². The molecule has 2 rings (SSSR count). The smallest absolute Gasteiger partial charge is 0.0498 e. The van der Waals surface area contributed by atoms with Gasteiger partial charge in [-0.1, -0.05) is 63.1 Å². The zero-order valence-corrected chi connectivity index (χ0v) is 10.7. The van der Waals surface area contributed by atoms with Crippen molar-refractivity contribution in [1.82, 2.24) is 0 Å². The summed E-state index contributed by atoms with van der Waals surface area (Å²) < 4.78 is 0. The first kappa shape index (κ1) is 11.7. The van der Waals surface area contributed by atoms with Gasteiger partial charge in [-0.3, -0.25) is 0 Å². The van der Waals surface area contributed by atoms with Crippen LogP contribution >= 0.6 is 0 Å². The molecule has 86 valence electrons. The number of fused-ring (bicyclic) bond motifs is 1. The summed E-state index contributed by atoms with van der Waals surface area (Å²) in [4.78, 5) is 0.